The van der Waals surface area contributed by atoms with Crippen molar-refractivity contribution in [3.05, 3.63) is 26.8 Å². The lowest BCUT2D eigenvalue weighted by Gasteiger charge is -2.39. The second-order valence-electron chi connectivity index (χ2n) is 4.44. The molecule has 1 saturated carbocycles. The highest BCUT2D eigenvalue weighted by atomic mass is 127. The number of phenolic OH excluding ortho intramolecular Hbond substituents is 1. The van der Waals surface area contributed by atoms with Crippen molar-refractivity contribution < 1.29 is 5.11 Å². The Hall–Kier alpha value is -0.250. The zero-order chi connectivity index (χ0) is 9.71. The summed E-state index contributed by atoms with van der Waals surface area (Å²) in [7, 11) is 0. The fourth-order valence-electron chi connectivity index (χ4n) is 3.11. The van der Waals surface area contributed by atoms with Crippen LogP contribution < -0.4 is 0 Å². The van der Waals surface area contributed by atoms with Crippen LogP contribution in [0.3, 0.4) is 0 Å². The lowest BCUT2D eigenvalue weighted by atomic mass is 9.67. The van der Waals surface area contributed by atoms with Gasteiger partial charge in [-0.1, -0.05) is 0 Å². The predicted molar refractivity (Wildman–Crippen MR) is 64.8 cm³/mol. The van der Waals surface area contributed by atoms with Gasteiger partial charge in [0.05, 0.1) is 0 Å². The standard InChI is InChI=1S/C12H13IO/c13-9-5-6-10(14)12-8-3-1-7(2-4-8)11(9)12/h5-8,14H,1-4H2. The number of aromatic hydroxyl groups is 1. The van der Waals surface area contributed by atoms with Gasteiger partial charge in [0, 0.05) is 9.13 Å². The highest BCUT2D eigenvalue weighted by Crippen LogP contribution is 2.53. The van der Waals surface area contributed by atoms with E-state index in [9.17, 15) is 5.11 Å². The topological polar surface area (TPSA) is 20.2 Å². The second kappa shape index (κ2) is 3.12. The van der Waals surface area contributed by atoms with Gasteiger partial charge in [-0.2, -0.15) is 0 Å². The third kappa shape index (κ3) is 1.12. The van der Waals surface area contributed by atoms with Crippen LogP contribution in [0, 0.1) is 3.57 Å². The molecule has 2 heteroatoms. The van der Waals surface area contributed by atoms with Gasteiger partial charge < -0.3 is 5.11 Å². The molecule has 1 nitrogen and oxygen atoms in total. The van der Waals surface area contributed by atoms with Crippen LogP contribution in [-0.2, 0) is 0 Å². The van der Waals surface area contributed by atoms with Crippen LogP contribution in [0.2, 0.25) is 0 Å². The first-order chi connectivity index (χ1) is 6.77. The van der Waals surface area contributed by atoms with E-state index in [1.807, 2.05) is 6.07 Å². The maximum Gasteiger partial charge on any atom is 0.119 e. The molecule has 14 heavy (non-hydrogen) atoms. The SMILES string of the molecule is Oc1ccc(I)c2c1C1CCC2CC1. The van der Waals surface area contributed by atoms with Gasteiger partial charge in [-0.15, -0.1) is 0 Å². The predicted octanol–water partition coefficient (Wildman–Crippen LogP) is 3.75. The van der Waals surface area contributed by atoms with Crippen molar-refractivity contribution in [1.82, 2.24) is 0 Å². The highest BCUT2D eigenvalue weighted by molar-refractivity contribution is 14.1. The van der Waals surface area contributed by atoms with Gasteiger partial charge >= 0.3 is 0 Å². The minimum absolute atomic E-state index is 0.537. The Balaban J connectivity index is 2.27. The van der Waals surface area contributed by atoms with Gasteiger partial charge in [0.1, 0.15) is 5.75 Å². The van der Waals surface area contributed by atoms with Crippen LogP contribution in [0.1, 0.15) is 48.6 Å². The molecular weight excluding hydrogens is 287 g/mol. The Bertz CT molecular complexity index is 341. The summed E-state index contributed by atoms with van der Waals surface area (Å²) >= 11 is 2.41. The van der Waals surface area contributed by atoms with E-state index in [0.29, 0.717) is 11.7 Å². The molecule has 0 amide bonds. The van der Waals surface area contributed by atoms with Crippen molar-refractivity contribution in [2.75, 3.05) is 0 Å². The summed E-state index contributed by atoms with van der Waals surface area (Å²) in [6.07, 6.45) is 5.23. The van der Waals surface area contributed by atoms with Gasteiger partial charge in [0.25, 0.3) is 0 Å². The number of halogens is 1. The molecule has 3 aliphatic carbocycles. The zero-order valence-electron chi connectivity index (χ0n) is 7.96. The number of fused-ring (bicyclic) bond motifs is 2. The van der Waals surface area contributed by atoms with Crippen molar-refractivity contribution in [3.63, 3.8) is 0 Å². The van der Waals surface area contributed by atoms with Crippen molar-refractivity contribution in [1.29, 1.82) is 0 Å². The Morgan fingerprint density at radius 1 is 1.00 bits per heavy atom. The van der Waals surface area contributed by atoms with Crippen LogP contribution in [0.4, 0.5) is 0 Å². The van der Waals surface area contributed by atoms with E-state index < -0.39 is 0 Å². The molecule has 1 aromatic rings. The summed E-state index contributed by atoms with van der Waals surface area (Å²) in [6, 6.07) is 3.91. The molecule has 74 valence electrons. The fraction of sp³-hybridized carbons (Fsp3) is 0.500. The highest BCUT2D eigenvalue weighted by Gasteiger charge is 2.35. The van der Waals surface area contributed by atoms with Gasteiger partial charge in [-0.25, -0.2) is 0 Å². The van der Waals surface area contributed by atoms with E-state index >= 15 is 0 Å². The molecule has 3 aliphatic rings. The molecule has 0 aromatic heterocycles. The Morgan fingerprint density at radius 2 is 1.57 bits per heavy atom. The number of hydrogen-bond donors (Lipinski definition) is 1. The molecule has 1 fully saturated rings. The molecule has 0 saturated heterocycles. The van der Waals surface area contributed by atoms with Gasteiger partial charge in [-0.05, 0) is 77.8 Å². The average Bonchev–Trinajstić information content (AvgIpc) is 2.25. The molecule has 2 bridgehead atoms. The first-order valence-electron chi connectivity index (χ1n) is 5.28. The first kappa shape index (κ1) is 9.01. The molecule has 0 radical (unpaired) electrons. The fourth-order valence-corrected chi connectivity index (χ4v) is 4.02. The molecule has 1 aromatic carbocycles. The quantitative estimate of drug-likeness (QED) is 0.723. The molecule has 0 atom stereocenters. The van der Waals surface area contributed by atoms with E-state index in [1.54, 1.807) is 0 Å². The number of phenols is 1. The molecule has 0 aliphatic heterocycles. The van der Waals surface area contributed by atoms with Crippen LogP contribution in [-0.4, -0.2) is 5.11 Å². The summed E-state index contributed by atoms with van der Waals surface area (Å²) in [5.74, 6) is 1.91. The zero-order valence-corrected chi connectivity index (χ0v) is 10.1. The minimum Gasteiger partial charge on any atom is -0.508 e. The van der Waals surface area contributed by atoms with E-state index in [2.05, 4.69) is 28.7 Å². The van der Waals surface area contributed by atoms with E-state index in [0.717, 1.165) is 5.92 Å². The van der Waals surface area contributed by atoms with Crippen molar-refractivity contribution in [2.45, 2.75) is 37.5 Å². The average molecular weight is 300 g/mol. The summed E-state index contributed by atoms with van der Waals surface area (Å²) in [5, 5.41) is 9.90. The normalized spacial score (nSPS) is 28.9. The maximum absolute atomic E-state index is 9.90. The number of hydrogen-bond acceptors (Lipinski definition) is 1. The smallest absolute Gasteiger partial charge is 0.119 e. The van der Waals surface area contributed by atoms with Crippen molar-refractivity contribution in [3.8, 4) is 5.75 Å². The van der Waals surface area contributed by atoms with Crippen LogP contribution in [0.15, 0.2) is 12.1 Å². The second-order valence-corrected chi connectivity index (χ2v) is 5.60. The van der Waals surface area contributed by atoms with Gasteiger partial charge in [0.2, 0.25) is 0 Å². The molecular formula is C12H13IO. The molecule has 0 unspecified atom stereocenters. The van der Waals surface area contributed by atoms with E-state index in [4.69, 9.17) is 0 Å². The summed E-state index contributed by atoms with van der Waals surface area (Å²) < 4.78 is 1.35. The van der Waals surface area contributed by atoms with Gasteiger partial charge in [0.15, 0.2) is 0 Å². The Morgan fingerprint density at radius 3 is 2.14 bits per heavy atom. The lowest BCUT2D eigenvalue weighted by Crippen LogP contribution is -2.22. The monoisotopic (exact) mass is 300 g/mol. The third-order valence-electron chi connectivity index (χ3n) is 3.75. The number of rotatable bonds is 0. The summed E-state index contributed by atoms with van der Waals surface area (Å²) in [6.45, 7) is 0. The third-order valence-corrected chi connectivity index (χ3v) is 4.70. The minimum atomic E-state index is 0.537. The Kier molecular flexibility index (Phi) is 2.01. The maximum atomic E-state index is 9.90. The Labute approximate surface area is 97.7 Å². The lowest BCUT2D eigenvalue weighted by molar-refractivity contribution is 0.342. The van der Waals surface area contributed by atoms with Crippen molar-refractivity contribution >= 4 is 22.6 Å². The number of benzene rings is 1. The summed E-state index contributed by atoms with van der Waals surface area (Å²) in [5.41, 5.74) is 2.74. The van der Waals surface area contributed by atoms with E-state index in [-0.39, 0.29) is 0 Å². The molecule has 0 spiro atoms. The first-order valence-corrected chi connectivity index (χ1v) is 6.36. The van der Waals surface area contributed by atoms with Crippen LogP contribution >= 0.6 is 22.6 Å². The molecule has 1 N–H and O–H groups in total. The molecule has 0 heterocycles. The molecule has 4 rings (SSSR count). The van der Waals surface area contributed by atoms with E-state index in [1.165, 1.54) is 40.4 Å². The van der Waals surface area contributed by atoms with Gasteiger partial charge in [-0.3, -0.25) is 0 Å². The van der Waals surface area contributed by atoms with Crippen LogP contribution in [0.5, 0.6) is 5.75 Å². The van der Waals surface area contributed by atoms with Crippen molar-refractivity contribution in [2.24, 2.45) is 0 Å². The van der Waals surface area contributed by atoms with Crippen LogP contribution in [0.25, 0.3) is 0 Å². The largest absolute Gasteiger partial charge is 0.508 e. The summed E-state index contributed by atoms with van der Waals surface area (Å²) in [4.78, 5) is 0.